The summed E-state index contributed by atoms with van der Waals surface area (Å²) in [4.78, 5) is 12.3. The van der Waals surface area contributed by atoms with E-state index in [2.05, 4.69) is 19.2 Å². The lowest BCUT2D eigenvalue weighted by Gasteiger charge is -2.20. The third kappa shape index (κ3) is 42.1. The lowest BCUT2D eigenvalue weighted by Crippen LogP contribution is -2.45. The first kappa shape index (κ1) is 52.1. The van der Waals surface area contributed by atoms with E-state index in [4.69, 9.17) is 0 Å². The van der Waals surface area contributed by atoms with Crippen molar-refractivity contribution in [2.75, 3.05) is 6.61 Å². The van der Waals surface area contributed by atoms with E-state index in [-0.39, 0.29) is 12.5 Å². The van der Waals surface area contributed by atoms with Gasteiger partial charge in [0.2, 0.25) is 5.91 Å². The van der Waals surface area contributed by atoms with E-state index in [0.29, 0.717) is 6.42 Å². The zero-order chi connectivity index (χ0) is 38.6. The molecular formula is C49H97NO3. The Labute approximate surface area is 333 Å². The van der Waals surface area contributed by atoms with Crippen molar-refractivity contribution in [1.29, 1.82) is 0 Å². The van der Waals surface area contributed by atoms with Gasteiger partial charge in [-0.15, -0.1) is 0 Å². The van der Waals surface area contributed by atoms with Crippen LogP contribution < -0.4 is 5.32 Å². The van der Waals surface area contributed by atoms with Crippen LogP contribution in [0.3, 0.4) is 0 Å². The van der Waals surface area contributed by atoms with Crippen molar-refractivity contribution in [3.63, 3.8) is 0 Å². The summed E-state index contributed by atoms with van der Waals surface area (Å²) in [5.41, 5.74) is 0. The van der Waals surface area contributed by atoms with E-state index in [1.807, 2.05) is 6.08 Å². The van der Waals surface area contributed by atoms with Crippen LogP contribution in [0.4, 0.5) is 0 Å². The molecule has 53 heavy (non-hydrogen) atoms. The van der Waals surface area contributed by atoms with Gasteiger partial charge in [-0.2, -0.15) is 0 Å². The second-order valence-corrected chi connectivity index (χ2v) is 16.9. The van der Waals surface area contributed by atoms with Crippen molar-refractivity contribution in [2.45, 2.75) is 289 Å². The molecule has 4 heteroatoms. The van der Waals surface area contributed by atoms with E-state index < -0.39 is 12.1 Å². The average Bonchev–Trinajstić information content (AvgIpc) is 3.16. The molecule has 0 spiro atoms. The van der Waals surface area contributed by atoms with Gasteiger partial charge < -0.3 is 15.5 Å². The average molecular weight is 748 g/mol. The normalized spacial score (nSPS) is 12.9. The van der Waals surface area contributed by atoms with Gasteiger partial charge in [0, 0.05) is 6.42 Å². The van der Waals surface area contributed by atoms with E-state index in [0.717, 1.165) is 25.7 Å². The Morgan fingerprint density at radius 1 is 0.434 bits per heavy atom. The quantitative estimate of drug-likeness (QED) is 0.0429. The number of unbranched alkanes of at least 4 members (excludes halogenated alkanes) is 38. The molecule has 0 rings (SSSR count). The lowest BCUT2D eigenvalue weighted by atomic mass is 10.0. The number of allylic oxidation sites excluding steroid dienone is 1. The summed E-state index contributed by atoms with van der Waals surface area (Å²) >= 11 is 0. The minimum atomic E-state index is -0.831. The number of aliphatic hydroxyl groups excluding tert-OH is 2. The Kier molecular flexibility index (Phi) is 44.8. The molecule has 0 heterocycles. The van der Waals surface area contributed by atoms with Crippen molar-refractivity contribution in [1.82, 2.24) is 5.32 Å². The zero-order valence-corrected chi connectivity index (χ0v) is 36.3. The number of rotatable bonds is 45. The van der Waals surface area contributed by atoms with Gasteiger partial charge in [0.15, 0.2) is 0 Å². The number of aliphatic hydroxyl groups is 2. The molecule has 0 aromatic carbocycles. The van der Waals surface area contributed by atoms with E-state index in [1.54, 1.807) is 6.08 Å². The first-order chi connectivity index (χ1) is 26.2. The summed E-state index contributed by atoms with van der Waals surface area (Å²) in [6, 6.07) is -0.614. The monoisotopic (exact) mass is 748 g/mol. The maximum Gasteiger partial charge on any atom is 0.220 e. The van der Waals surface area contributed by atoms with Crippen molar-refractivity contribution in [2.24, 2.45) is 0 Å². The molecule has 0 aliphatic rings. The molecule has 2 atom stereocenters. The molecule has 0 aliphatic heterocycles. The first-order valence-electron chi connectivity index (χ1n) is 24.4. The standard InChI is InChI=1S/C49H97NO3/c1-3-5-7-9-11-12-13-14-15-16-17-18-19-20-21-22-23-24-25-26-27-28-29-30-31-32-33-34-35-36-37-38-39-41-43-45-49(53)50-47(46-51)48(52)44-42-40-10-8-6-4-2/h42,44,47-48,51-52H,3-41,43,45-46H2,1-2H3,(H,50,53)/b44-42+. The van der Waals surface area contributed by atoms with Crippen LogP contribution in [0, 0.1) is 0 Å². The van der Waals surface area contributed by atoms with Crippen LogP contribution in [0.15, 0.2) is 12.2 Å². The second kappa shape index (κ2) is 45.5. The highest BCUT2D eigenvalue weighted by Gasteiger charge is 2.18. The van der Waals surface area contributed by atoms with Gasteiger partial charge in [0.25, 0.3) is 0 Å². The van der Waals surface area contributed by atoms with Gasteiger partial charge in [-0.1, -0.05) is 264 Å². The summed E-state index contributed by atoms with van der Waals surface area (Å²) in [6.07, 6.45) is 58.3. The number of carbonyl (C=O) groups is 1. The summed E-state index contributed by atoms with van der Waals surface area (Å²) in [5.74, 6) is -0.0644. The van der Waals surface area contributed by atoms with Crippen LogP contribution in [-0.4, -0.2) is 34.9 Å². The van der Waals surface area contributed by atoms with Gasteiger partial charge in [-0.25, -0.2) is 0 Å². The predicted molar refractivity (Wildman–Crippen MR) is 235 cm³/mol. The largest absolute Gasteiger partial charge is 0.394 e. The Balaban J connectivity index is 3.28. The van der Waals surface area contributed by atoms with Crippen molar-refractivity contribution < 1.29 is 15.0 Å². The SMILES string of the molecule is CCCCCC/C=C/C(O)C(CO)NC(=O)CCCCCCCCCCCCCCCCCCCCCCCCCCCCCCCCCCCCC. The number of hydrogen-bond acceptors (Lipinski definition) is 3. The van der Waals surface area contributed by atoms with Crippen molar-refractivity contribution in [3.8, 4) is 0 Å². The van der Waals surface area contributed by atoms with Crippen LogP contribution in [0.25, 0.3) is 0 Å². The van der Waals surface area contributed by atoms with Crippen LogP contribution >= 0.6 is 0 Å². The molecule has 1 amide bonds. The van der Waals surface area contributed by atoms with Crippen molar-refractivity contribution in [3.05, 3.63) is 12.2 Å². The maximum absolute atomic E-state index is 12.3. The Bertz CT molecular complexity index is 725. The Morgan fingerprint density at radius 2 is 0.698 bits per heavy atom. The summed E-state index contributed by atoms with van der Waals surface area (Å²) in [5, 5.41) is 22.7. The lowest BCUT2D eigenvalue weighted by molar-refractivity contribution is -0.123. The van der Waals surface area contributed by atoms with Gasteiger partial charge in [-0.3, -0.25) is 4.79 Å². The molecule has 0 aliphatic carbocycles. The predicted octanol–water partition coefficient (Wildman–Crippen LogP) is 15.4. The molecule has 2 unspecified atom stereocenters. The molecule has 0 saturated carbocycles. The third-order valence-corrected chi connectivity index (χ3v) is 11.5. The van der Waals surface area contributed by atoms with Crippen LogP contribution in [-0.2, 0) is 4.79 Å². The van der Waals surface area contributed by atoms with E-state index in [9.17, 15) is 15.0 Å². The molecule has 0 aromatic heterocycles. The minimum Gasteiger partial charge on any atom is -0.394 e. The molecule has 3 N–H and O–H groups in total. The van der Waals surface area contributed by atoms with Crippen LogP contribution in [0.2, 0.25) is 0 Å². The van der Waals surface area contributed by atoms with Gasteiger partial charge >= 0.3 is 0 Å². The highest BCUT2D eigenvalue weighted by atomic mass is 16.3. The molecule has 0 bridgehead atoms. The first-order valence-corrected chi connectivity index (χ1v) is 24.4. The minimum absolute atomic E-state index is 0.0644. The van der Waals surface area contributed by atoms with Gasteiger partial charge in [0.05, 0.1) is 18.8 Å². The highest BCUT2D eigenvalue weighted by molar-refractivity contribution is 5.76. The van der Waals surface area contributed by atoms with E-state index >= 15 is 0 Å². The van der Waals surface area contributed by atoms with Gasteiger partial charge in [0.1, 0.15) is 0 Å². The fraction of sp³-hybridized carbons (Fsp3) is 0.939. The van der Waals surface area contributed by atoms with Gasteiger partial charge in [-0.05, 0) is 19.3 Å². The number of carbonyl (C=O) groups excluding carboxylic acids is 1. The summed E-state index contributed by atoms with van der Waals surface area (Å²) in [6.45, 7) is 4.26. The van der Waals surface area contributed by atoms with Crippen LogP contribution in [0.5, 0.6) is 0 Å². The summed E-state index contributed by atoms with van der Waals surface area (Å²) in [7, 11) is 0. The molecule has 0 radical (unpaired) electrons. The highest BCUT2D eigenvalue weighted by Crippen LogP contribution is 2.17. The van der Waals surface area contributed by atoms with Crippen molar-refractivity contribution >= 4 is 5.91 Å². The fourth-order valence-corrected chi connectivity index (χ4v) is 7.77. The second-order valence-electron chi connectivity index (χ2n) is 16.9. The van der Waals surface area contributed by atoms with Crippen LogP contribution in [0.1, 0.15) is 277 Å². The topological polar surface area (TPSA) is 69.6 Å². The molecule has 0 saturated heterocycles. The molecule has 0 aromatic rings. The smallest absolute Gasteiger partial charge is 0.220 e. The number of nitrogens with one attached hydrogen (secondary N) is 1. The number of hydrogen-bond donors (Lipinski definition) is 3. The molecule has 316 valence electrons. The molecule has 4 nitrogen and oxygen atoms in total. The van der Waals surface area contributed by atoms with E-state index in [1.165, 1.54) is 231 Å². The third-order valence-electron chi connectivity index (χ3n) is 11.5. The maximum atomic E-state index is 12.3. The summed E-state index contributed by atoms with van der Waals surface area (Å²) < 4.78 is 0. The Hall–Kier alpha value is -0.870. The zero-order valence-electron chi connectivity index (χ0n) is 36.3. The Morgan fingerprint density at radius 3 is 0.981 bits per heavy atom. The molecule has 0 fully saturated rings. The molecular weight excluding hydrogens is 651 g/mol. The number of amides is 1. The fourth-order valence-electron chi connectivity index (χ4n) is 7.77.